The SMILES string of the molecule is C[C@@H](c1ccc(C#N)cn1)n1c(N2CC[C@@H](F)[C@H](N)C2)nc2ccc(C#N)cc21. The van der Waals surface area contributed by atoms with Crippen LogP contribution in [-0.2, 0) is 0 Å². The van der Waals surface area contributed by atoms with Gasteiger partial charge in [-0.25, -0.2) is 9.37 Å². The number of rotatable bonds is 3. The number of halogens is 1. The molecule has 3 heterocycles. The van der Waals surface area contributed by atoms with Crippen LogP contribution in [-0.4, -0.2) is 39.8 Å². The summed E-state index contributed by atoms with van der Waals surface area (Å²) in [5, 5.41) is 18.4. The Morgan fingerprint density at radius 2 is 1.97 bits per heavy atom. The quantitative estimate of drug-likeness (QED) is 0.738. The Bertz CT molecular complexity index is 1120. The summed E-state index contributed by atoms with van der Waals surface area (Å²) in [6.45, 7) is 2.86. The minimum atomic E-state index is -1.02. The van der Waals surface area contributed by atoms with Crippen LogP contribution in [0.25, 0.3) is 11.0 Å². The molecule has 2 N–H and O–H groups in total. The van der Waals surface area contributed by atoms with E-state index in [9.17, 15) is 9.65 Å². The van der Waals surface area contributed by atoms with Gasteiger partial charge in [-0.05, 0) is 43.7 Å². The molecule has 0 amide bonds. The second-order valence-corrected chi connectivity index (χ2v) is 7.27. The topological polar surface area (TPSA) is 108 Å². The van der Waals surface area contributed by atoms with Gasteiger partial charge in [-0.1, -0.05) is 0 Å². The molecule has 0 saturated carbocycles. The van der Waals surface area contributed by atoms with Crippen LogP contribution < -0.4 is 10.6 Å². The monoisotopic (exact) mass is 389 g/mol. The van der Waals surface area contributed by atoms with Gasteiger partial charge in [0.2, 0.25) is 5.95 Å². The third-order valence-electron chi connectivity index (χ3n) is 5.38. The Balaban J connectivity index is 1.84. The third-order valence-corrected chi connectivity index (χ3v) is 5.38. The van der Waals surface area contributed by atoms with Crippen LogP contribution in [0.3, 0.4) is 0 Å². The van der Waals surface area contributed by atoms with Crippen LogP contribution in [0.15, 0.2) is 36.5 Å². The van der Waals surface area contributed by atoms with Gasteiger partial charge in [0.1, 0.15) is 12.2 Å². The van der Waals surface area contributed by atoms with Gasteiger partial charge in [0.25, 0.3) is 0 Å². The molecule has 1 fully saturated rings. The number of nitrogens with zero attached hydrogens (tertiary/aromatic N) is 6. The zero-order valence-corrected chi connectivity index (χ0v) is 16.0. The van der Waals surface area contributed by atoms with E-state index < -0.39 is 12.2 Å². The zero-order chi connectivity index (χ0) is 20.5. The van der Waals surface area contributed by atoms with Gasteiger partial charge < -0.3 is 15.2 Å². The number of aromatic nitrogens is 3. The van der Waals surface area contributed by atoms with E-state index in [1.807, 2.05) is 28.5 Å². The lowest BCUT2D eigenvalue weighted by Crippen LogP contribution is -2.50. The molecule has 0 aliphatic carbocycles. The predicted molar refractivity (Wildman–Crippen MR) is 107 cm³/mol. The summed E-state index contributed by atoms with van der Waals surface area (Å²) in [7, 11) is 0. The first kappa shape index (κ1) is 18.9. The third kappa shape index (κ3) is 3.39. The highest BCUT2D eigenvalue weighted by Gasteiger charge is 2.30. The summed E-state index contributed by atoms with van der Waals surface area (Å²) in [5.41, 5.74) is 9.30. The number of imidazole rings is 1. The normalized spacial score (nSPS) is 20.2. The molecule has 146 valence electrons. The van der Waals surface area contributed by atoms with Crippen molar-refractivity contribution in [3.63, 3.8) is 0 Å². The van der Waals surface area contributed by atoms with Crippen molar-refractivity contribution in [3.8, 4) is 12.1 Å². The molecule has 0 bridgehead atoms. The lowest BCUT2D eigenvalue weighted by atomic mass is 10.1. The average molecular weight is 389 g/mol. The van der Waals surface area contributed by atoms with Gasteiger partial charge in [-0.2, -0.15) is 10.5 Å². The second-order valence-electron chi connectivity index (χ2n) is 7.27. The highest BCUT2D eigenvalue weighted by molar-refractivity contribution is 5.81. The van der Waals surface area contributed by atoms with Crippen molar-refractivity contribution in [2.75, 3.05) is 18.0 Å². The van der Waals surface area contributed by atoms with Gasteiger partial charge in [0.05, 0.1) is 46.0 Å². The molecular weight excluding hydrogens is 369 g/mol. The van der Waals surface area contributed by atoms with E-state index in [1.165, 1.54) is 6.20 Å². The van der Waals surface area contributed by atoms with Gasteiger partial charge >= 0.3 is 0 Å². The molecule has 1 saturated heterocycles. The molecule has 3 aromatic rings. The largest absolute Gasteiger partial charge is 0.340 e. The Hall–Kier alpha value is -3.49. The fourth-order valence-electron chi connectivity index (χ4n) is 3.74. The fraction of sp³-hybridized carbons (Fsp3) is 0.333. The lowest BCUT2D eigenvalue weighted by Gasteiger charge is -2.34. The van der Waals surface area contributed by atoms with E-state index in [0.717, 1.165) is 16.7 Å². The van der Waals surface area contributed by atoms with Crippen molar-refractivity contribution in [2.45, 2.75) is 31.6 Å². The summed E-state index contributed by atoms with van der Waals surface area (Å²) < 4.78 is 15.9. The molecule has 1 aliphatic heterocycles. The van der Waals surface area contributed by atoms with Crippen LogP contribution in [0.5, 0.6) is 0 Å². The molecule has 0 radical (unpaired) electrons. The van der Waals surface area contributed by atoms with Crippen molar-refractivity contribution in [2.24, 2.45) is 5.73 Å². The second kappa shape index (κ2) is 7.50. The maximum atomic E-state index is 13.9. The number of hydrogen-bond acceptors (Lipinski definition) is 6. The minimum absolute atomic E-state index is 0.212. The number of piperidine rings is 1. The molecular formula is C21H20FN7. The predicted octanol–water partition coefficient (Wildman–Crippen LogP) is 2.66. The van der Waals surface area contributed by atoms with E-state index >= 15 is 0 Å². The molecule has 0 spiro atoms. The zero-order valence-electron chi connectivity index (χ0n) is 16.0. The van der Waals surface area contributed by atoms with Crippen molar-refractivity contribution >= 4 is 17.0 Å². The van der Waals surface area contributed by atoms with Crippen LogP contribution in [0.4, 0.5) is 10.3 Å². The number of nitrogens with two attached hydrogens (primary N) is 1. The van der Waals surface area contributed by atoms with Gasteiger partial charge in [-0.3, -0.25) is 4.98 Å². The summed E-state index contributed by atoms with van der Waals surface area (Å²) in [6.07, 6.45) is 0.861. The Morgan fingerprint density at radius 1 is 1.21 bits per heavy atom. The first-order valence-corrected chi connectivity index (χ1v) is 9.44. The smallest absolute Gasteiger partial charge is 0.207 e. The maximum absolute atomic E-state index is 13.9. The molecule has 1 aliphatic rings. The lowest BCUT2D eigenvalue weighted by molar-refractivity contribution is 0.243. The standard InChI is InChI=1S/C21H20FN7/c1-13(18-4-3-15(10-24)11-26-18)29-20-8-14(9-23)2-5-19(20)27-21(29)28-7-6-16(22)17(25)12-28/h2-5,8,11,13,16-17H,6-7,12,25H2,1H3/t13-,16+,17+/m0/s1. The Morgan fingerprint density at radius 3 is 2.62 bits per heavy atom. The van der Waals surface area contributed by atoms with Crippen LogP contribution >= 0.6 is 0 Å². The van der Waals surface area contributed by atoms with Gasteiger partial charge in [-0.15, -0.1) is 0 Å². The fourth-order valence-corrected chi connectivity index (χ4v) is 3.74. The molecule has 7 nitrogen and oxygen atoms in total. The average Bonchev–Trinajstić information content (AvgIpc) is 3.13. The first-order valence-electron chi connectivity index (χ1n) is 9.44. The van der Waals surface area contributed by atoms with Crippen molar-refractivity contribution < 1.29 is 4.39 Å². The number of nitriles is 2. The number of alkyl halides is 1. The van der Waals surface area contributed by atoms with Gasteiger partial charge in [0.15, 0.2) is 0 Å². The number of pyridine rings is 1. The molecule has 2 aromatic heterocycles. The van der Waals surface area contributed by atoms with E-state index in [1.54, 1.807) is 18.2 Å². The van der Waals surface area contributed by atoms with Crippen LogP contribution in [0.2, 0.25) is 0 Å². The minimum Gasteiger partial charge on any atom is -0.340 e. The molecule has 0 unspecified atom stereocenters. The number of benzene rings is 1. The van der Waals surface area contributed by atoms with Crippen molar-refractivity contribution in [1.82, 2.24) is 14.5 Å². The highest BCUT2D eigenvalue weighted by Crippen LogP contribution is 2.32. The summed E-state index contributed by atoms with van der Waals surface area (Å²) in [5.74, 6) is 0.677. The summed E-state index contributed by atoms with van der Waals surface area (Å²) in [4.78, 5) is 11.2. The molecule has 1 aromatic carbocycles. The van der Waals surface area contributed by atoms with Crippen molar-refractivity contribution in [3.05, 3.63) is 53.3 Å². The van der Waals surface area contributed by atoms with E-state index in [-0.39, 0.29) is 6.04 Å². The van der Waals surface area contributed by atoms with E-state index in [2.05, 4.69) is 17.1 Å². The molecule has 8 heteroatoms. The Kier molecular flexibility index (Phi) is 4.87. The number of fused-ring (bicyclic) bond motifs is 1. The van der Waals surface area contributed by atoms with Crippen molar-refractivity contribution in [1.29, 1.82) is 10.5 Å². The summed E-state index contributed by atoms with van der Waals surface area (Å²) in [6, 6.07) is 12.3. The van der Waals surface area contributed by atoms with E-state index in [0.29, 0.717) is 36.6 Å². The number of hydrogen-bond donors (Lipinski definition) is 1. The Labute approximate surface area is 167 Å². The van der Waals surface area contributed by atoms with E-state index in [4.69, 9.17) is 16.0 Å². The van der Waals surface area contributed by atoms with Crippen LogP contribution in [0, 0.1) is 22.7 Å². The molecule has 29 heavy (non-hydrogen) atoms. The number of anilines is 1. The molecule has 4 rings (SSSR count). The first-order chi connectivity index (χ1) is 14.0. The maximum Gasteiger partial charge on any atom is 0.207 e. The van der Waals surface area contributed by atoms with Gasteiger partial charge in [0, 0.05) is 19.3 Å². The summed E-state index contributed by atoms with van der Waals surface area (Å²) >= 11 is 0. The molecule has 3 atom stereocenters. The highest BCUT2D eigenvalue weighted by atomic mass is 19.1. The van der Waals surface area contributed by atoms with Crippen LogP contribution in [0.1, 0.15) is 36.2 Å².